The Kier molecular flexibility index (Phi) is 6.19. The molecule has 0 saturated carbocycles. The van der Waals surface area contributed by atoms with E-state index in [1.165, 1.54) is 11.3 Å². The van der Waals surface area contributed by atoms with Crippen LogP contribution in [0.3, 0.4) is 0 Å². The van der Waals surface area contributed by atoms with Gasteiger partial charge < -0.3 is 15.5 Å². The van der Waals surface area contributed by atoms with Crippen molar-refractivity contribution in [2.45, 2.75) is 32.9 Å². The second-order valence-corrected chi connectivity index (χ2v) is 4.94. The molecule has 0 aromatic heterocycles. The molecule has 0 bridgehead atoms. The third-order valence-corrected chi connectivity index (χ3v) is 3.11. The number of aliphatic imine (C=N–C) groups is 1. The average molecular weight is 262 g/mol. The number of hydrogen-bond acceptors (Lipinski definition) is 2. The van der Waals surface area contributed by atoms with Gasteiger partial charge in [-0.05, 0) is 31.0 Å². The number of benzene rings is 1. The second kappa shape index (κ2) is 7.67. The van der Waals surface area contributed by atoms with Crippen LogP contribution in [0.4, 0.5) is 5.69 Å². The molecular formula is C15H26N4. The van der Waals surface area contributed by atoms with Gasteiger partial charge in [0.1, 0.15) is 0 Å². The molecule has 0 saturated heterocycles. The van der Waals surface area contributed by atoms with Crippen LogP contribution < -0.4 is 15.5 Å². The van der Waals surface area contributed by atoms with Crippen molar-refractivity contribution in [1.82, 2.24) is 10.6 Å². The molecule has 106 valence electrons. The van der Waals surface area contributed by atoms with Gasteiger partial charge in [0.15, 0.2) is 5.96 Å². The number of nitrogens with one attached hydrogen (secondary N) is 2. The zero-order chi connectivity index (χ0) is 14.3. The van der Waals surface area contributed by atoms with E-state index in [1.54, 1.807) is 7.05 Å². The van der Waals surface area contributed by atoms with Gasteiger partial charge in [0.05, 0.1) is 0 Å². The molecule has 0 aliphatic heterocycles. The fourth-order valence-electron chi connectivity index (χ4n) is 1.66. The zero-order valence-corrected chi connectivity index (χ0v) is 12.7. The van der Waals surface area contributed by atoms with E-state index in [9.17, 15) is 0 Å². The summed E-state index contributed by atoms with van der Waals surface area (Å²) in [5.41, 5.74) is 2.46. The Labute approximate surface area is 116 Å². The van der Waals surface area contributed by atoms with Crippen molar-refractivity contribution >= 4 is 11.6 Å². The van der Waals surface area contributed by atoms with Crippen molar-refractivity contribution in [2.24, 2.45) is 4.99 Å². The van der Waals surface area contributed by atoms with Crippen LogP contribution in [0.5, 0.6) is 0 Å². The minimum atomic E-state index is 0.430. The van der Waals surface area contributed by atoms with Gasteiger partial charge in [-0.2, -0.15) is 0 Å². The number of hydrogen-bond donors (Lipinski definition) is 2. The molecule has 1 unspecified atom stereocenters. The molecule has 1 aromatic rings. The summed E-state index contributed by atoms with van der Waals surface area (Å²) in [7, 11) is 5.90. The standard InChI is InChI=1S/C15H26N4/c1-6-12(2)18-15(16-3)17-11-13-8-7-9-14(10-13)19(4)5/h7-10,12H,6,11H2,1-5H3,(H2,16,17,18). The summed E-state index contributed by atoms with van der Waals surface area (Å²) in [5.74, 6) is 0.851. The number of guanidine groups is 1. The number of anilines is 1. The molecule has 1 atom stereocenters. The van der Waals surface area contributed by atoms with Gasteiger partial charge in [-0.1, -0.05) is 19.1 Å². The van der Waals surface area contributed by atoms with Crippen molar-refractivity contribution in [3.63, 3.8) is 0 Å². The molecule has 0 spiro atoms. The number of rotatable bonds is 5. The Morgan fingerprint density at radius 2 is 2.11 bits per heavy atom. The first-order chi connectivity index (χ1) is 9.06. The molecule has 1 aromatic carbocycles. The largest absolute Gasteiger partial charge is 0.378 e. The summed E-state index contributed by atoms with van der Waals surface area (Å²) < 4.78 is 0. The van der Waals surface area contributed by atoms with E-state index in [0.29, 0.717) is 6.04 Å². The quantitative estimate of drug-likeness (QED) is 0.631. The first-order valence-corrected chi connectivity index (χ1v) is 6.80. The zero-order valence-electron chi connectivity index (χ0n) is 12.7. The lowest BCUT2D eigenvalue weighted by Crippen LogP contribution is -2.41. The average Bonchev–Trinajstić information content (AvgIpc) is 2.43. The third-order valence-electron chi connectivity index (χ3n) is 3.11. The number of nitrogens with zero attached hydrogens (tertiary/aromatic N) is 2. The molecule has 19 heavy (non-hydrogen) atoms. The summed E-state index contributed by atoms with van der Waals surface area (Å²) in [6, 6.07) is 8.92. The van der Waals surface area contributed by atoms with Crippen LogP contribution in [0.25, 0.3) is 0 Å². The van der Waals surface area contributed by atoms with E-state index >= 15 is 0 Å². The van der Waals surface area contributed by atoms with Crippen LogP contribution in [0.1, 0.15) is 25.8 Å². The molecule has 2 N–H and O–H groups in total. The van der Waals surface area contributed by atoms with Crippen LogP contribution in [-0.4, -0.2) is 33.1 Å². The summed E-state index contributed by atoms with van der Waals surface area (Å²) in [6.07, 6.45) is 1.08. The van der Waals surface area contributed by atoms with Gasteiger partial charge in [0, 0.05) is 39.4 Å². The molecule has 0 aliphatic carbocycles. The normalized spacial score (nSPS) is 13.0. The monoisotopic (exact) mass is 262 g/mol. The first-order valence-electron chi connectivity index (χ1n) is 6.80. The van der Waals surface area contributed by atoms with Crippen LogP contribution in [0.15, 0.2) is 29.3 Å². The second-order valence-electron chi connectivity index (χ2n) is 4.94. The van der Waals surface area contributed by atoms with E-state index < -0.39 is 0 Å². The van der Waals surface area contributed by atoms with Crippen molar-refractivity contribution in [2.75, 3.05) is 26.0 Å². The molecule has 0 aliphatic rings. The fourth-order valence-corrected chi connectivity index (χ4v) is 1.66. The minimum Gasteiger partial charge on any atom is -0.378 e. The lowest BCUT2D eigenvalue weighted by atomic mass is 10.2. The lowest BCUT2D eigenvalue weighted by Gasteiger charge is -2.17. The van der Waals surface area contributed by atoms with Gasteiger partial charge >= 0.3 is 0 Å². The van der Waals surface area contributed by atoms with E-state index in [-0.39, 0.29) is 0 Å². The highest BCUT2D eigenvalue weighted by molar-refractivity contribution is 5.79. The van der Waals surface area contributed by atoms with E-state index in [1.807, 2.05) is 0 Å². The summed E-state index contributed by atoms with van der Waals surface area (Å²) >= 11 is 0. The Bertz CT molecular complexity index is 412. The van der Waals surface area contributed by atoms with Gasteiger partial charge in [-0.25, -0.2) is 0 Å². The topological polar surface area (TPSA) is 39.7 Å². The van der Waals surface area contributed by atoms with E-state index in [4.69, 9.17) is 0 Å². The highest BCUT2D eigenvalue weighted by Crippen LogP contribution is 2.12. The Morgan fingerprint density at radius 1 is 1.37 bits per heavy atom. The molecule has 1 rings (SSSR count). The van der Waals surface area contributed by atoms with Crippen molar-refractivity contribution in [3.05, 3.63) is 29.8 Å². The van der Waals surface area contributed by atoms with Crippen LogP contribution >= 0.6 is 0 Å². The lowest BCUT2D eigenvalue weighted by molar-refractivity contribution is 0.624. The van der Waals surface area contributed by atoms with Gasteiger partial charge in [-0.3, -0.25) is 4.99 Å². The van der Waals surface area contributed by atoms with Gasteiger partial charge in [0.2, 0.25) is 0 Å². The summed E-state index contributed by atoms with van der Waals surface area (Å²) in [5, 5.41) is 6.69. The molecular weight excluding hydrogens is 236 g/mol. The van der Waals surface area contributed by atoms with Gasteiger partial charge in [-0.15, -0.1) is 0 Å². The predicted molar refractivity (Wildman–Crippen MR) is 83.9 cm³/mol. The Balaban J connectivity index is 2.58. The Hall–Kier alpha value is -1.71. The van der Waals surface area contributed by atoms with Crippen LogP contribution in [-0.2, 0) is 6.54 Å². The predicted octanol–water partition coefficient (Wildman–Crippen LogP) is 2.22. The third kappa shape index (κ3) is 5.20. The van der Waals surface area contributed by atoms with Crippen molar-refractivity contribution in [1.29, 1.82) is 0 Å². The fraction of sp³-hybridized carbons (Fsp3) is 0.533. The molecule has 0 fully saturated rings. The van der Waals surface area contributed by atoms with Crippen molar-refractivity contribution < 1.29 is 0 Å². The van der Waals surface area contributed by atoms with E-state index in [0.717, 1.165) is 18.9 Å². The molecule has 4 heteroatoms. The summed E-state index contributed by atoms with van der Waals surface area (Å²) in [6.45, 7) is 5.09. The summed E-state index contributed by atoms with van der Waals surface area (Å²) in [4.78, 5) is 6.34. The van der Waals surface area contributed by atoms with E-state index in [2.05, 4.69) is 72.7 Å². The van der Waals surface area contributed by atoms with Crippen molar-refractivity contribution in [3.8, 4) is 0 Å². The molecule has 0 heterocycles. The molecule has 4 nitrogen and oxygen atoms in total. The molecule has 0 radical (unpaired) electrons. The van der Waals surface area contributed by atoms with Crippen LogP contribution in [0, 0.1) is 0 Å². The highest BCUT2D eigenvalue weighted by Gasteiger charge is 2.03. The smallest absolute Gasteiger partial charge is 0.191 e. The highest BCUT2D eigenvalue weighted by atomic mass is 15.2. The maximum absolute atomic E-state index is 4.23. The first kappa shape index (κ1) is 15.3. The van der Waals surface area contributed by atoms with Crippen LogP contribution in [0.2, 0.25) is 0 Å². The minimum absolute atomic E-state index is 0.430. The SMILES string of the molecule is CCC(C)NC(=NC)NCc1cccc(N(C)C)c1. The maximum Gasteiger partial charge on any atom is 0.191 e. The van der Waals surface area contributed by atoms with Gasteiger partial charge in [0.25, 0.3) is 0 Å². The molecule has 0 amide bonds. The Morgan fingerprint density at radius 3 is 2.68 bits per heavy atom. The maximum atomic E-state index is 4.23.